The molecule has 4 heterocycles. The summed E-state index contributed by atoms with van der Waals surface area (Å²) >= 11 is 0. The Morgan fingerprint density at radius 2 is 2.27 bits per heavy atom. The first-order valence-electron chi connectivity index (χ1n) is 7.52. The molecule has 0 spiro atoms. The first-order valence-corrected chi connectivity index (χ1v) is 7.52. The SMILES string of the molecule is CN1CCc2ncnc(N[C@H]3COC[C@H]3n3ccnn3)c2C1. The molecule has 0 unspecified atom stereocenters. The molecule has 4 rings (SSSR count). The molecule has 8 nitrogen and oxygen atoms in total. The van der Waals surface area contributed by atoms with Gasteiger partial charge in [0.25, 0.3) is 0 Å². The number of nitrogens with one attached hydrogen (secondary N) is 1. The second-order valence-electron chi connectivity index (χ2n) is 5.87. The van der Waals surface area contributed by atoms with Gasteiger partial charge in [0, 0.05) is 31.3 Å². The van der Waals surface area contributed by atoms with Gasteiger partial charge in [0.2, 0.25) is 0 Å². The van der Waals surface area contributed by atoms with Crippen molar-refractivity contribution in [2.24, 2.45) is 0 Å². The maximum Gasteiger partial charge on any atom is 0.134 e. The molecule has 0 aliphatic carbocycles. The van der Waals surface area contributed by atoms with Crippen LogP contribution in [0.2, 0.25) is 0 Å². The van der Waals surface area contributed by atoms with Crippen LogP contribution in [0.4, 0.5) is 5.82 Å². The van der Waals surface area contributed by atoms with Crippen molar-refractivity contribution < 1.29 is 4.74 Å². The smallest absolute Gasteiger partial charge is 0.134 e. The largest absolute Gasteiger partial charge is 0.377 e. The number of rotatable bonds is 3. The number of hydrogen-bond acceptors (Lipinski definition) is 7. The predicted molar refractivity (Wildman–Crippen MR) is 79.4 cm³/mol. The number of likely N-dealkylation sites (N-methyl/N-ethyl adjacent to an activating group) is 1. The lowest BCUT2D eigenvalue weighted by Gasteiger charge is -2.27. The molecule has 0 radical (unpaired) electrons. The van der Waals surface area contributed by atoms with Crippen LogP contribution in [0.15, 0.2) is 18.7 Å². The number of ether oxygens (including phenoxy) is 1. The molecule has 2 aliphatic rings. The second kappa shape index (κ2) is 5.62. The lowest BCUT2D eigenvalue weighted by atomic mass is 10.1. The minimum absolute atomic E-state index is 0.132. The van der Waals surface area contributed by atoms with Gasteiger partial charge in [-0.05, 0) is 7.05 Å². The van der Waals surface area contributed by atoms with Gasteiger partial charge < -0.3 is 15.0 Å². The van der Waals surface area contributed by atoms with Crippen LogP contribution in [0.1, 0.15) is 17.3 Å². The van der Waals surface area contributed by atoms with Gasteiger partial charge >= 0.3 is 0 Å². The fourth-order valence-electron chi connectivity index (χ4n) is 3.11. The fourth-order valence-corrected chi connectivity index (χ4v) is 3.11. The van der Waals surface area contributed by atoms with E-state index in [0.29, 0.717) is 13.2 Å². The van der Waals surface area contributed by atoms with Crippen molar-refractivity contribution in [3.05, 3.63) is 30.0 Å². The van der Waals surface area contributed by atoms with E-state index in [0.717, 1.165) is 31.0 Å². The van der Waals surface area contributed by atoms with Crippen LogP contribution < -0.4 is 5.32 Å². The summed E-state index contributed by atoms with van der Waals surface area (Å²) in [4.78, 5) is 11.2. The van der Waals surface area contributed by atoms with Crippen molar-refractivity contribution in [1.29, 1.82) is 0 Å². The van der Waals surface area contributed by atoms with Crippen molar-refractivity contribution in [2.45, 2.75) is 25.0 Å². The molecule has 0 aromatic carbocycles. The summed E-state index contributed by atoms with van der Waals surface area (Å²) < 4.78 is 7.48. The quantitative estimate of drug-likeness (QED) is 0.861. The van der Waals surface area contributed by atoms with Crippen molar-refractivity contribution in [1.82, 2.24) is 29.9 Å². The molecule has 22 heavy (non-hydrogen) atoms. The van der Waals surface area contributed by atoms with Crippen LogP contribution in [0.5, 0.6) is 0 Å². The normalized spacial score (nSPS) is 25.1. The highest BCUT2D eigenvalue weighted by atomic mass is 16.5. The molecule has 1 saturated heterocycles. The Morgan fingerprint density at radius 1 is 1.32 bits per heavy atom. The summed E-state index contributed by atoms with van der Waals surface area (Å²) in [7, 11) is 2.12. The molecular weight excluding hydrogens is 282 g/mol. The number of fused-ring (bicyclic) bond motifs is 1. The maximum atomic E-state index is 5.63. The standard InChI is InChI=1S/C14H19N7O/c1-20-4-2-11-10(6-20)14(16-9-15-11)18-12-7-22-8-13(12)21-5-3-17-19-21/h3,5,9,12-13H,2,4,6-8H2,1H3,(H,15,16,18)/t12-,13+/m0/s1. The lowest BCUT2D eigenvalue weighted by Crippen LogP contribution is -2.33. The van der Waals surface area contributed by atoms with Gasteiger partial charge in [-0.1, -0.05) is 5.21 Å². The molecule has 1 fully saturated rings. The van der Waals surface area contributed by atoms with E-state index < -0.39 is 0 Å². The zero-order valence-corrected chi connectivity index (χ0v) is 12.5. The third-order valence-electron chi connectivity index (χ3n) is 4.35. The summed E-state index contributed by atoms with van der Waals surface area (Å²) in [6.07, 6.45) is 6.18. The minimum atomic E-state index is 0.132. The number of aromatic nitrogens is 5. The molecular formula is C14H19N7O. The van der Waals surface area contributed by atoms with E-state index in [1.807, 2.05) is 10.9 Å². The molecule has 2 aliphatic heterocycles. The molecule has 116 valence electrons. The van der Waals surface area contributed by atoms with E-state index in [2.05, 4.69) is 37.5 Å². The number of anilines is 1. The van der Waals surface area contributed by atoms with Crippen molar-refractivity contribution in [2.75, 3.05) is 32.1 Å². The van der Waals surface area contributed by atoms with Crippen LogP contribution in [-0.2, 0) is 17.7 Å². The van der Waals surface area contributed by atoms with Crippen LogP contribution in [0.3, 0.4) is 0 Å². The fraction of sp³-hybridized carbons (Fsp3) is 0.571. The monoisotopic (exact) mass is 301 g/mol. The van der Waals surface area contributed by atoms with Gasteiger partial charge in [0.1, 0.15) is 12.1 Å². The average molecular weight is 301 g/mol. The van der Waals surface area contributed by atoms with Crippen LogP contribution in [0, 0.1) is 0 Å². The topological polar surface area (TPSA) is 81.0 Å². The van der Waals surface area contributed by atoms with Crippen molar-refractivity contribution in [3.8, 4) is 0 Å². The van der Waals surface area contributed by atoms with E-state index in [4.69, 9.17) is 4.74 Å². The Morgan fingerprint density at radius 3 is 3.14 bits per heavy atom. The van der Waals surface area contributed by atoms with Gasteiger partial charge in [-0.3, -0.25) is 0 Å². The van der Waals surface area contributed by atoms with Gasteiger partial charge in [-0.2, -0.15) is 0 Å². The van der Waals surface area contributed by atoms with Crippen LogP contribution in [0.25, 0.3) is 0 Å². The molecule has 0 bridgehead atoms. The highest BCUT2D eigenvalue weighted by molar-refractivity contribution is 5.48. The molecule has 2 atom stereocenters. The average Bonchev–Trinajstić information content (AvgIpc) is 3.18. The summed E-state index contributed by atoms with van der Waals surface area (Å²) in [5, 5.41) is 11.5. The van der Waals surface area contributed by atoms with E-state index in [1.165, 1.54) is 5.56 Å². The molecule has 2 aromatic heterocycles. The Hall–Kier alpha value is -2.06. The summed E-state index contributed by atoms with van der Waals surface area (Å²) in [5.74, 6) is 0.914. The van der Waals surface area contributed by atoms with E-state index in [1.54, 1.807) is 12.5 Å². The molecule has 2 aromatic rings. The Kier molecular flexibility index (Phi) is 3.47. The van der Waals surface area contributed by atoms with E-state index in [9.17, 15) is 0 Å². The first kappa shape index (κ1) is 13.6. The van der Waals surface area contributed by atoms with E-state index >= 15 is 0 Å². The summed E-state index contributed by atoms with van der Waals surface area (Å²) in [6, 6.07) is 0.266. The molecule has 0 saturated carbocycles. The highest BCUT2D eigenvalue weighted by Crippen LogP contribution is 2.26. The van der Waals surface area contributed by atoms with Gasteiger partial charge in [-0.25, -0.2) is 14.6 Å². The van der Waals surface area contributed by atoms with Crippen molar-refractivity contribution in [3.63, 3.8) is 0 Å². The zero-order valence-electron chi connectivity index (χ0n) is 12.5. The molecule has 1 N–H and O–H groups in total. The summed E-state index contributed by atoms with van der Waals surface area (Å²) in [6.45, 7) is 3.19. The van der Waals surface area contributed by atoms with Crippen molar-refractivity contribution >= 4 is 5.82 Å². The zero-order chi connectivity index (χ0) is 14.9. The Labute approximate surface area is 128 Å². The first-order chi connectivity index (χ1) is 10.8. The lowest BCUT2D eigenvalue weighted by molar-refractivity contribution is 0.183. The van der Waals surface area contributed by atoms with Gasteiger partial charge in [-0.15, -0.1) is 5.10 Å². The maximum absolute atomic E-state index is 5.63. The number of hydrogen-bond donors (Lipinski definition) is 1. The molecule has 8 heteroatoms. The predicted octanol–water partition coefficient (Wildman–Crippen LogP) is 0.108. The van der Waals surface area contributed by atoms with Gasteiger partial charge in [0.15, 0.2) is 0 Å². The minimum Gasteiger partial charge on any atom is -0.377 e. The van der Waals surface area contributed by atoms with Crippen LogP contribution >= 0.6 is 0 Å². The van der Waals surface area contributed by atoms with Crippen LogP contribution in [-0.4, -0.2) is 62.7 Å². The Bertz CT molecular complexity index is 645. The van der Waals surface area contributed by atoms with E-state index in [-0.39, 0.29) is 12.1 Å². The second-order valence-corrected chi connectivity index (χ2v) is 5.87. The number of nitrogens with zero attached hydrogens (tertiary/aromatic N) is 6. The third kappa shape index (κ3) is 2.44. The Balaban J connectivity index is 1.58. The highest BCUT2D eigenvalue weighted by Gasteiger charge is 2.32. The van der Waals surface area contributed by atoms with Gasteiger partial charge in [0.05, 0.1) is 37.2 Å². The third-order valence-corrected chi connectivity index (χ3v) is 4.35. The summed E-state index contributed by atoms with van der Waals surface area (Å²) in [5.41, 5.74) is 2.34. The molecule has 0 amide bonds.